The number of nitrogens with zero attached hydrogens (tertiary/aromatic N) is 3. The molecule has 0 bridgehead atoms. The lowest BCUT2D eigenvalue weighted by Crippen LogP contribution is -2.32. The highest BCUT2D eigenvalue weighted by Gasteiger charge is 2.33. The van der Waals surface area contributed by atoms with Crippen molar-refractivity contribution in [3.63, 3.8) is 0 Å². The molecule has 1 aliphatic rings. The van der Waals surface area contributed by atoms with Crippen molar-refractivity contribution >= 4 is 23.1 Å². The van der Waals surface area contributed by atoms with Crippen LogP contribution in [0.3, 0.4) is 0 Å². The third-order valence-corrected chi connectivity index (χ3v) is 4.89. The van der Waals surface area contributed by atoms with E-state index in [1.54, 1.807) is 0 Å². The van der Waals surface area contributed by atoms with Gasteiger partial charge < -0.3 is 21.3 Å². The summed E-state index contributed by atoms with van der Waals surface area (Å²) in [5, 5.41) is 6.37. The van der Waals surface area contributed by atoms with Crippen molar-refractivity contribution in [3.8, 4) is 0 Å². The van der Waals surface area contributed by atoms with E-state index in [0.717, 1.165) is 56.5 Å². The Hall–Kier alpha value is -2.55. The van der Waals surface area contributed by atoms with E-state index in [1.165, 1.54) is 12.1 Å². The van der Waals surface area contributed by atoms with E-state index in [0.29, 0.717) is 6.04 Å². The highest BCUT2D eigenvalue weighted by molar-refractivity contribution is 5.63. The number of rotatable bonds is 7. The molecule has 4 N–H and O–H groups in total. The topological polar surface area (TPSA) is 79.1 Å². The van der Waals surface area contributed by atoms with Crippen LogP contribution in [0.1, 0.15) is 37.9 Å². The molecule has 1 aliphatic heterocycles. The van der Waals surface area contributed by atoms with E-state index in [1.807, 2.05) is 6.07 Å². The standard InChI is InChI=1S/C20H27F3N6/c1-3-5-13-11-18(29-9-8-15(12-29)25-4-2)28-19(26-13)27-14-6-7-17(24)16(10-14)20(21,22)23/h6-7,10-11,15,25H,3-5,8-9,12,24H2,1-2H3,(H,26,27,28). The summed E-state index contributed by atoms with van der Waals surface area (Å²) in [7, 11) is 0. The van der Waals surface area contributed by atoms with Crippen molar-refractivity contribution in [2.24, 2.45) is 0 Å². The first-order valence-electron chi connectivity index (χ1n) is 9.90. The molecule has 0 saturated carbocycles. The van der Waals surface area contributed by atoms with Gasteiger partial charge >= 0.3 is 6.18 Å². The van der Waals surface area contributed by atoms with Gasteiger partial charge in [0.05, 0.1) is 5.56 Å². The number of nitrogens with one attached hydrogen (secondary N) is 2. The Labute approximate surface area is 168 Å². The molecule has 1 aromatic heterocycles. The molecule has 0 amide bonds. The predicted octanol–water partition coefficient (Wildman–Crippen LogP) is 3.96. The number of likely N-dealkylation sites (N-methyl/N-ethyl adjacent to an activating group) is 1. The SMILES string of the molecule is CCCc1cc(N2CCC(NCC)C2)nc(Nc2ccc(N)c(C(F)(F)F)c2)n1. The van der Waals surface area contributed by atoms with Crippen LogP contribution in [0.5, 0.6) is 0 Å². The molecule has 1 aromatic carbocycles. The summed E-state index contributed by atoms with van der Waals surface area (Å²) >= 11 is 0. The zero-order valence-corrected chi connectivity index (χ0v) is 16.7. The summed E-state index contributed by atoms with van der Waals surface area (Å²) in [5.74, 6) is 1.08. The van der Waals surface area contributed by atoms with E-state index in [-0.39, 0.29) is 17.3 Å². The Morgan fingerprint density at radius 2 is 2.00 bits per heavy atom. The first-order chi connectivity index (χ1) is 13.8. The third-order valence-electron chi connectivity index (χ3n) is 4.89. The summed E-state index contributed by atoms with van der Waals surface area (Å²) in [6, 6.07) is 6.10. The first-order valence-corrected chi connectivity index (χ1v) is 9.90. The number of nitrogen functional groups attached to an aromatic ring is 1. The van der Waals surface area contributed by atoms with Crippen molar-refractivity contribution in [1.82, 2.24) is 15.3 Å². The minimum Gasteiger partial charge on any atom is -0.398 e. The average Bonchev–Trinajstić information content (AvgIpc) is 3.12. The van der Waals surface area contributed by atoms with Gasteiger partial charge in [-0.25, -0.2) is 4.98 Å². The Balaban J connectivity index is 1.87. The van der Waals surface area contributed by atoms with Crippen molar-refractivity contribution in [2.45, 2.75) is 45.3 Å². The van der Waals surface area contributed by atoms with Crippen LogP contribution in [0.25, 0.3) is 0 Å². The van der Waals surface area contributed by atoms with Crippen LogP contribution in [0.4, 0.5) is 36.3 Å². The van der Waals surface area contributed by atoms with Crippen LogP contribution >= 0.6 is 0 Å². The number of aromatic nitrogens is 2. The number of aryl methyl sites for hydroxylation is 1. The first kappa shape index (κ1) is 21.2. The summed E-state index contributed by atoms with van der Waals surface area (Å²) in [6.07, 6.45) is -1.81. The highest BCUT2D eigenvalue weighted by Crippen LogP contribution is 2.35. The van der Waals surface area contributed by atoms with Gasteiger partial charge in [-0.2, -0.15) is 18.2 Å². The lowest BCUT2D eigenvalue weighted by atomic mass is 10.1. The van der Waals surface area contributed by atoms with Crippen molar-refractivity contribution in [1.29, 1.82) is 0 Å². The molecule has 3 rings (SSSR count). The summed E-state index contributed by atoms with van der Waals surface area (Å²) in [5.41, 5.74) is 5.41. The number of anilines is 4. The minimum absolute atomic E-state index is 0.248. The second kappa shape index (κ2) is 8.86. The van der Waals surface area contributed by atoms with E-state index < -0.39 is 11.7 Å². The van der Waals surface area contributed by atoms with Crippen molar-refractivity contribution in [2.75, 3.05) is 35.6 Å². The van der Waals surface area contributed by atoms with E-state index in [4.69, 9.17) is 5.73 Å². The molecule has 9 heteroatoms. The molecule has 0 spiro atoms. The summed E-state index contributed by atoms with van der Waals surface area (Å²) in [6.45, 7) is 6.77. The van der Waals surface area contributed by atoms with Gasteiger partial charge in [0.25, 0.3) is 0 Å². The van der Waals surface area contributed by atoms with Crippen LogP contribution in [-0.4, -0.2) is 35.6 Å². The molecular formula is C20H27F3N6. The molecule has 2 aromatic rings. The number of halogens is 3. The summed E-state index contributed by atoms with van der Waals surface area (Å²) < 4.78 is 39.4. The molecule has 1 fully saturated rings. The molecule has 2 heterocycles. The van der Waals surface area contributed by atoms with Crippen LogP contribution < -0.4 is 21.3 Å². The van der Waals surface area contributed by atoms with E-state index in [2.05, 4.69) is 39.3 Å². The molecule has 158 valence electrons. The molecule has 1 unspecified atom stereocenters. The highest BCUT2D eigenvalue weighted by atomic mass is 19.4. The van der Waals surface area contributed by atoms with Crippen LogP contribution in [0.2, 0.25) is 0 Å². The quantitative estimate of drug-likeness (QED) is 0.602. The van der Waals surface area contributed by atoms with E-state index in [9.17, 15) is 13.2 Å². The van der Waals surface area contributed by atoms with Gasteiger partial charge in [0.2, 0.25) is 5.95 Å². The largest absolute Gasteiger partial charge is 0.418 e. The maximum Gasteiger partial charge on any atom is 0.418 e. The zero-order chi connectivity index (χ0) is 21.0. The van der Waals surface area contributed by atoms with Crippen molar-refractivity contribution in [3.05, 3.63) is 35.5 Å². The molecule has 1 saturated heterocycles. The molecule has 6 nitrogen and oxygen atoms in total. The van der Waals surface area contributed by atoms with Crippen LogP contribution in [-0.2, 0) is 12.6 Å². The van der Waals surface area contributed by atoms with Gasteiger partial charge in [0, 0.05) is 42.3 Å². The smallest absolute Gasteiger partial charge is 0.398 e. The molecule has 0 radical (unpaired) electrons. The summed E-state index contributed by atoms with van der Waals surface area (Å²) in [4.78, 5) is 11.2. The van der Waals surface area contributed by atoms with Gasteiger partial charge in [-0.15, -0.1) is 0 Å². The minimum atomic E-state index is -4.52. The third kappa shape index (κ3) is 5.29. The Morgan fingerprint density at radius 1 is 1.21 bits per heavy atom. The fraction of sp³-hybridized carbons (Fsp3) is 0.500. The monoisotopic (exact) mass is 408 g/mol. The number of hydrogen-bond acceptors (Lipinski definition) is 6. The second-order valence-corrected chi connectivity index (χ2v) is 7.21. The lowest BCUT2D eigenvalue weighted by Gasteiger charge is -2.20. The maximum absolute atomic E-state index is 13.1. The zero-order valence-electron chi connectivity index (χ0n) is 16.7. The maximum atomic E-state index is 13.1. The number of hydrogen-bond donors (Lipinski definition) is 3. The number of alkyl halides is 3. The van der Waals surface area contributed by atoms with Gasteiger partial charge in [-0.05, 0) is 37.6 Å². The Bertz CT molecular complexity index is 839. The second-order valence-electron chi connectivity index (χ2n) is 7.21. The van der Waals surface area contributed by atoms with Gasteiger partial charge in [-0.1, -0.05) is 20.3 Å². The lowest BCUT2D eigenvalue weighted by molar-refractivity contribution is -0.136. The van der Waals surface area contributed by atoms with Crippen molar-refractivity contribution < 1.29 is 13.2 Å². The average molecular weight is 408 g/mol. The molecule has 0 aliphatic carbocycles. The fourth-order valence-corrected chi connectivity index (χ4v) is 3.52. The Morgan fingerprint density at radius 3 is 2.69 bits per heavy atom. The Kier molecular flexibility index (Phi) is 6.46. The number of benzene rings is 1. The van der Waals surface area contributed by atoms with Crippen LogP contribution in [0.15, 0.2) is 24.3 Å². The molecular weight excluding hydrogens is 381 g/mol. The molecule has 29 heavy (non-hydrogen) atoms. The van der Waals surface area contributed by atoms with Gasteiger partial charge in [0.1, 0.15) is 5.82 Å². The van der Waals surface area contributed by atoms with E-state index >= 15 is 0 Å². The molecule has 1 atom stereocenters. The van der Waals surface area contributed by atoms with Gasteiger partial charge in [-0.3, -0.25) is 0 Å². The number of nitrogens with two attached hydrogens (primary N) is 1. The fourth-order valence-electron chi connectivity index (χ4n) is 3.52. The van der Waals surface area contributed by atoms with Crippen LogP contribution in [0, 0.1) is 0 Å². The normalized spacial score (nSPS) is 17.0. The predicted molar refractivity (Wildman–Crippen MR) is 109 cm³/mol. The van der Waals surface area contributed by atoms with Gasteiger partial charge in [0.15, 0.2) is 0 Å².